The first-order valence-corrected chi connectivity index (χ1v) is 37.9. The molecule has 5 unspecified atom stereocenters. The van der Waals surface area contributed by atoms with E-state index in [1.807, 2.05) is 263 Å². The summed E-state index contributed by atoms with van der Waals surface area (Å²) in [7, 11) is 1.64. The third-order valence-electron chi connectivity index (χ3n) is 17.6. The molecule has 8 aromatic rings. The maximum Gasteiger partial charge on any atom is 0.197 e. The van der Waals surface area contributed by atoms with Crippen molar-refractivity contribution in [2.24, 2.45) is 5.92 Å². The van der Waals surface area contributed by atoms with E-state index in [9.17, 15) is 0 Å². The predicted octanol–water partition coefficient (Wildman–Crippen LogP) is 24.0. The highest BCUT2D eigenvalue weighted by Crippen LogP contribution is 2.29. The standard InChI is InChI=1S/C20H24O4.C19H22O3.C19H28O2.C19H22O2.C17H24O2/c1-15(2)17-5-7-20(8-6-17)24-16(3)22-13-14-23-19-11-9-18(21-4)10-12-19;1-15(2)17-9-11-19(12-10-17)22-16(3)20-13-14-21-18-7-5-4-6-8-18;2*1-15(2)18-9-11-19(12-10-18)21-16(3)20-14-13-17-7-5-4-6-8-17;1-13(2)15-9-11-17(12-10-15)19-14(3)18-16-7-5-4-6-8-16/h5-12,16H,1,13-14H2,2-4H3;4-12,16H,1,13-14H2,2-3H3;9-12,16-17H,1,4-8,13-14H2,2-3H3;4-12,16H,1,13-14H2,2-3H3;9-12,14,16H,1,4-8H2,2-3H3. The number of allylic oxidation sites excluding steroid dienone is 5. The summed E-state index contributed by atoms with van der Waals surface area (Å²) in [5.74, 6) is 7.35. The fourth-order valence-corrected chi connectivity index (χ4v) is 11.5. The Morgan fingerprint density at radius 1 is 0.308 bits per heavy atom. The van der Waals surface area contributed by atoms with E-state index in [4.69, 9.17) is 61.6 Å². The largest absolute Gasteiger partial charge is 0.497 e. The molecule has 0 heterocycles. The quantitative estimate of drug-likeness (QED) is 0.0274. The van der Waals surface area contributed by atoms with Crippen LogP contribution < -0.4 is 37.9 Å². The molecule has 2 aliphatic rings. The molecule has 2 aliphatic carbocycles. The van der Waals surface area contributed by atoms with Crippen molar-refractivity contribution >= 4 is 27.9 Å². The lowest BCUT2D eigenvalue weighted by Crippen LogP contribution is -2.26. The molecule has 0 amide bonds. The Kier molecular flexibility index (Phi) is 40.1. The van der Waals surface area contributed by atoms with Gasteiger partial charge in [0.25, 0.3) is 0 Å². The molecule has 8 aromatic carbocycles. The third kappa shape index (κ3) is 36.2. The van der Waals surface area contributed by atoms with Crippen molar-refractivity contribution < 1.29 is 61.6 Å². The van der Waals surface area contributed by atoms with Gasteiger partial charge in [-0.2, -0.15) is 0 Å². The number of rotatable bonds is 36. The van der Waals surface area contributed by atoms with Crippen LogP contribution in [0.2, 0.25) is 0 Å². The van der Waals surface area contributed by atoms with Crippen LogP contribution in [0.15, 0.2) is 239 Å². The van der Waals surface area contributed by atoms with Gasteiger partial charge in [-0.25, -0.2) is 0 Å². The Hall–Kier alpha value is -9.34. The average Bonchev–Trinajstić information content (AvgIpc) is 0.905. The summed E-state index contributed by atoms with van der Waals surface area (Å²) >= 11 is 0. The molecule has 2 fully saturated rings. The number of hydrogen-bond donors (Lipinski definition) is 0. The zero-order valence-corrected chi connectivity index (χ0v) is 65.7. The molecule has 0 saturated heterocycles. The van der Waals surface area contributed by atoms with Crippen molar-refractivity contribution in [3.05, 3.63) is 273 Å². The molecule has 107 heavy (non-hydrogen) atoms. The van der Waals surface area contributed by atoms with Crippen LogP contribution >= 0.6 is 0 Å². The van der Waals surface area contributed by atoms with Gasteiger partial charge < -0.3 is 61.6 Å². The van der Waals surface area contributed by atoms with Crippen molar-refractivity contribution in [3.8, 4) is 46.0 Å². The van der Waals surface area contributed by atoms with Crippen molar-refractivity contribution in [2.75, 3.05) is 46.8 Å². The first kappa shape index (κ1) is 86.6. The van der Waals surface area contributed by atoms with Crippen LogP contribution in [0.1, 0.15) is 173 Å². The van der Waals surface area contributed by atoms with E-state index in [1.54, 1.807) is 7.11 Å². The maximum atomic E-state index is 5.93. The Morgan fingerprint density at radius 2 is 0.598 bits per heavy atom. The summed E-state index contributed by atoms with van der Waals surface area (Å²) < 4.78 is 73.6. The van der Waals surface area contributed by atoms with E-state index in [0.29, 0.717) is 39.1 Å². The minimum absolute atomic E-state index is 0.182. The van der Waals surface area contributed by atoms with Crippen LogP contribution in [0.3, 0.4) is 0 Å². The molecule has 10 rings (SSSR count). The second-order valence-corrected chi connectivity index (χ2v) is 27.0. The highest BCUT2D eigenvalue weighted by atomic mass is 16.7. The minimum atomic E-state index is -0.347. The molecular formula is C94H120O13. The maximum absolute atomic E-state index is 5.93. The predicted molar refractivity (Wildman–Crippen MR) is 440 cm³/mol. The zero-order chi connectivity index (χ0) is 77.0. The molecule has 0 bridgehead atoms. The van der Waals surface area contributed by atoms with Gasteiger partial charge in [-0.05, 0) is 231 Å². The SMILES string of the molecule is C=C(C)c1ccc(OC(C)OC2CCCCC2)cc1.C=C(C)c1ccc(OC(C)OCCC2CCCCC2)cc1.C=C(C)c1ccc(OC(C)OCCOc2ccc(OC)cc2)cc1.C=C(C)c1ccc(OC(C)OCCOc2ccccc2)cc1.C=C(C)c1ccc(OC(C)OCCc2ccccc2)cc1. The van der Waals surface area contributed by atoms with E-state index in [1.165, 1.54) is 76.2 Å². The molecule has 13 nitrogen and oxygen atoms in total. The van der Waals surface area contributed by atoms with Crippen LogP contribution in [0, 0.1) is 5.92 Å². The lowest BCUT2D eigenvalue weighted by atomic mass is 9.87. The first-order chi connectivity index (χ1) is 51.7. The molecule has 0 aromatic heterocycles. The van der Waals surface area contributed by atoms with E-state index in [-0.39, 0.29) is 31.5 Å². The van der Waals surface area contributed by atoms with Crippen LogP contribution in [-0.2, 0) is 30.1 Å². The van der Waals surface area contributed by atoms with E-state index < -0.39 is 0 Å². The Morgan fingerprint density at radius 3 is 0.944 bits per heavy atom. The normalized spacial score (nSPS) is 14.0. The molecule has 0 spiro atoms. The summed E-state index contributed by atoms with van der Waals surface area (Å²) in [6.07, 6.45) is 14.3. The highest BCUT2D eigenvalue weighted by Gasteiger charge is 2.19. The summed E-state index contributed by atoms with van der Waals surface area (Å²) in [5.41, 5.74) is 12.2. The van der Waals surface area contributed by atoms with Gasteiger partial charge in [-0.1, -0.05) is 221 Å². The molecule has 0 radical (unpaired) electrons. The van der Waals surface area contributed by atoms with Crippen LogP contribution in [0.25, 0.3) is 27.9 Å². The number of hydrogen-bond acceptors (Lipinski definition) is 13. The van der Waals surface area contributed by atoms with Crippen LogP contribution in [-0.4, -0.2) is 84.3 Å². The van der Waals surface area contributed by atoms with Gasteiger partial charge in [0.2, 0.25) is 0 Å². The second kappa shape index (κ2) is 49.5. The highest BCUT2D eigenvalue weighted by molar-refractivity contribution is 5.64. The second-order valence-electron chi connectivity index (χ2n) is 27.0. The zero-order valence-electron chi connectivity index (χ0n) is 65.7. The molecule has 0 N–H and O–H groups in total. The minimum Gasteiger partial charge on any atom is -0.497 e. The van der Waals surface area contributed by atoms with Crippen LogP contribution in [0.4, 0.5) is 0 Å². The van der Waals surface area contributed by atoms with E-state index in [2.05, 4.69) is 45.0 Å². The number of para-hydroxylation sites is 1. The Balaban J connectivity index is 0.000000210. The van der Waals surface area contributed by atoms with E-state index >= 15 is 0 Å². The number of methoxy groups -OCH3 is 1. The molecule has 13 heteroatoms. The van der Waals surface area contributed by atoms with Gasteiger partial charge in [0.1, 0.15) is 59.2 Å². The molecule has 5 atom stereocenters. The van der Waals surface area contributed by atoms with Crippen molar-refractivity contribution in [3.63, 3.8) is 0 Å². The van der Waals surface area contributed by atoms with Gasteiger partial charge >= 0.3 is 0 Å². The summed E-state index contributed by atoms with van der Waals surface area (Å²) in [6.45, 7) is 42.5. The third-order valence-corrected chi connectivity index (χ3v) is 17.6. The smallest absolute Gasteiger partial charge is 0.197 e. The van der Waals surface area contributed by atoms with Crippen molar-refractivity contribution in [1.82, 2.24) is 0 Å². The molecule has 574 valence electrons. The summed E-state index contributed by atoms with van der Waals surface area (Å²) in [6, 6.07) is 67.0. The number of benzene rings is 8. The molecular weight excluding hydrogens is 1340 g/mol. The monoisotopic (exact) mass is 1460 g/mol. The van der Waals surface area contributed by atoms with Gasteiger partial charge in [-0.3, -0.25) is 0 Å². The topological polar surface area (TPSA) is 120 Å². The van der Waals surface area contributed by atoms with E-state index in [0.717, 1.165) is 121 Å². The summed E-state index contributed by atoms with van der Waals surface area (Å²) in [4.78, 5) is 0. The lowest BCUT2D eigenvalue weighted by Gasteiger charge is -2.26. The van der Waals surface area contributed by atoms with Gasteiger partial charge in [-0.15, -0.1) is 0 Å². The number of ether oxygens (including phenoxy) is 13. The fourth-order valence-electron chi connectivity index (χ4n) is 11.5. The Bertz CT molecular complexity index is 3750. The Labute approximate surface area is 641 Å². The van der Waals surface area contributed by atoms with Crippen molar-refractivity contribution in [2.45, 2.75) is 184 Å². The lowest BCUT2D eigenvalue weighted by molar-refractivity contribution is -0.116. The van der Waals surface area contributed by atoms with Gasteiger partial charge in [0.15, 0.2) is 31.5 Å². The average molecular weight is 1460 g/mol. The fraction of sp³-hybridized carbons (Fsp3) is 0.383. The first-order valence-electron chi connectivity index (χ1n) is 37.9. The van der Waals surface area contributed by atoms with Crippen LogP contribution in [0.5, 0.6) is 46.0 Å². The van der Waals surface area contributed by atoms with Gasteiger partial charge in [0.05, 0.1) is 39.6 Å². The van der Waals surface area contributed by atoms with Gasteiger partial charge in [0, 0.05) is 0 Å². The molecule has 2 saturated carbocycles. The summed E-state index contributed by atoms with van der Waals surface area (Å²) in [5, 5.41) is 0. The van der Waals surface area contributed by atoms with Crippen molar-refractivity contribution in [1.29, 1.82) is 0 Å². The molecule has 0 aliphatic heterocycles.